The van der Waals surface area contributed by atoms with Gasteiger partial charge in [-0.2, -0.15) is 5.26 Å². The van der Waals surface area contributed by atoms with Gasteiger partial charge in [-0.05, 0) is 68.6 Å². The molecular weight excluding hydrogens is 486 g/mol. The molecule has 1 aromatic heterocycles. The molecule has 0 aromatic carbocycles. The quantitative estimate of drug-likeness (QED) is 0.589. The maximum atomic E-state index is 14.8. The highest BCUT2D eigenvalue weighted by molar-refractivity contribution is 9.10. The average Bonchev–Trinajstić information content (AvgIpc) is 2.65. The molecule has 0 saturated heterocycles. The molecule has 29 heavy (non-hydrogen) atoms. The van der Waals surface area contributed by atoms with Crippen LogP contribution in [0.2, 0.25) is 0 Å². The molecule has 1 aliphatic heterocycles. The predicted molar refractivity (Wildman–Crippen MR) is 114 cm³/mol. The third-order valence-corrected chi connectivity index (χ3v) is 10.1. The van der Waals surface area contributed by atoms with Crippen molar-refractivity contribution in [3.63, 3.8) is 0 Å². The van der Waals surface area contributed by atoms with E-state index in [0.29, 0.717) is 12.8 Å². The molecule has 0 bridgehead atoms. The van der Waals surface area contributed by atoms with E-state index >= 15 is 0 Å². The van der Waals surface area contributed by atoms with Crippen molar-refractivity contribution in [2.75, 3.05) is 19.0 Å². The van der Waals surface area contributed by atoms with E-state index in [2.05, 4.69) is 36.1 Å². The molecule has 0 saturated carbocycles. The maximum Gasteiger partial charge on any atom is 0.146 e. The van der Waals surface area contributed by atoms with Gasteiger partial charge in [-0.15, -0.1) is 0 Å². The van der Waals surface area contributed by atoms with Gasteiger partial charge in [-0.25, -0.2) is 31.3 Å². The van der Waals surface area contributed by atoms with Crippen LogP contribution in [0.15, 0.2) is 21.1 Å². The minimum Gasteiger partial charge on any atom is -0.249 e. The van der Waals surface area contributed by atoms with Gasteiger partial charge in [0.05, 0.1) is 37.3 Å². The van der Waals surface area contributed by atoms with Crippen LogP contribution < -0.4 is 4.72 Å². The van der Waals surface area contributed by atoms with Crippen molar-refractivity contribution < 1.29 is 17.2 Å². The van der Waals surface area contributed by atoms with Crippen LogP contribution in [0.3, 0.4) is 0 Å². The molecule has 1 aliphatic rings. The summed E-state index contributed by atoms with van der Waals surface area (Å²) in [6.45, 7) is 5.57. The van der Waals surface area contributed by atoms with E-state index in [9.17, 15) is 22.5 Å². The number of nitrogens with zero attached hydrogens (tertiary/aromatic N) is 3. The number of rotatable bonds is 6. The van der Waals surface area contributed by atoms with Gasteiger partial charge in [0.25, 0.3) is 0 Å². The molecule has 11 heteroatoms. The molecule has 0 amide bonds. The Morgan fingerprint density at radius 3 is 2.66 bits per heavy atom. The highest BCUT2D eigenvalue weighted by Crippen LogP contribution is 2.36. The van der Waals surface area contributed by atoms with E-state index in [-0.39, 0.29) is 16.8 Å². The summed E-state index contributed by atoms with van der Waals surface area (Å²) < 4.78 is 61.1. The normalized spacial score (nSPS) is 28.1. The van der Waals surface area contributed by atoms with E-state index in [0.717, 1.165) is 6.07 Å². The lowest BCUT2D eigenvalue weighted by Gasteiger charge is -2.38. The van der Waals surface area contributed by atoms with Crippen LogP contribution in [0.4, 0.5) is 8.78 Å². The van der Waals surface area contributed by atoms with Gasteiger partial charge in [-0.3, -0.25) is 0 Å². The van der Waals surface area contributed by atoms with Gasteiger partial charge in [0.2, 0.25) is 0 Å². The summed E-state index contributed by atoms with van der Waals surface area (Å²) in [6.07, 6.45) is 0.902. The Bertz CT molecular complexity index is 970. The molecular formula is C18H25BrF2N4O2S2. The van der Waals surface area contributed by atoms with Crippen molar-refractivity contribution in [3.8, 4) is 6.07 Å². The van der Waals surface area contributed by atoms with Gasteiger partial charge >= 0.3 is 0 Å². The Morgan fingerprint density at radius 2 is 2.10 bits per heavy atom. The maximum absolute atomic E-state index is 14.8. The lowest BCUT2D eigenvalue weighted by Crippen LogP contribution is -2.57. The molecule has 1 N–H and O–H groups in total. The van der Waals surface area contributed by atoms with Crippen LogP contribution >= 0.6 is 15.9 Å². The Morgan fingerprint density at radius 1 is 1.45 bits per heavy atom. The summed E-state index contributed by atoms with van der Waals surface area (Å²) in [5.41, 5.74) is -2.34. The van der Waals surface area contributed by atoms with Crippen LogP contribution in [0.5, 0.6) is 0 Å². The zero-order chi connectivity index (χ0) is 22.1. The largest absolute Gasteiger partial charge is 0.249 e. The number of alkyl halides is 1. The number of nitrogens with one attached hydrogen (secondary N) is 1. The minimum atomic E-state index is -3.31. The molecule has 2 heterocycles. The van der Waals surface area contributed by atoms with E-state index in [1.54, 1.807) is 20.8 Å². The van der Waals surface area contributed by atoms with Crippen LogP contribution in [0, 0.1) is 17.1 Å². The van der Waals surface area contributed by atoms with Gasteiger partial charge in [0.1, 0.15) is 33.1 Å². The van der Waals surface area contributed by atoms with Crippen molar-refractivity contribution in [1.29, 1.82) is 5.26 Å². The predicted octanol–water partition coefficient (Wildman–Crippen LogP) is 3.74. The topological polar surface area (TPSA) is 95.2 Å². The summed E-state index contributed by atoms with van der Waals surface area (Å²) in [7, 11) is -5.15. The number of aromatic nitrogens is 1. The van der Waals surface area contributed by atoms with Crippen molar-refractivity contribution in [1.82, 2.24) is 9.71 Å². The van der Waals surface area contributed by atoms with Crippen LogP contribution in [-0.2, 0) is 26.3 Å². The first-order chi connectivity index (χ1) is 13.3. The first-order valence-electron chi connectivity index (χ1n) is 9.02. The molecule has 6 nitrogen and oxygen atoms in total. The monoisotopic (exact) mass is 510 g/mol. The SMILES string of the molecule is CC(C)(C)S(=O)NC(CF)(CS1(=O)=NCCCC1(C)C#N)c1nc(Br)ccc1F. The fraction of sp³-hybridized carbons (Fsp3) is 0.667. The van der Waals surface area contributed by atoms with Crippen molar-refractivity contribution in [2.24, 2.45) is 4.36 Å². The second-order valence-electron chi connectivity index (χ2n) is 8.25. The molecule has 4 unspecified atom stereocenters. The fourth-order valence-corrected chi connectivity index (χ4v) is 6.92. The van der Waals surface area contributed by atoms with Gasteiger partial charge < -0.3 is 0 Å². The number of hydrogen-bond acceptors (Lipinski definition) is 5. The van der Waals surface area contributed by atoms with Crippen LogP contribution in [0.1, 0.15) is 46.2 Å². The second kappa shape index (κ2) is 8.65. The lowest BCUT2D eigenvalue weighted by atomic mass is 9.99. The molecule has 1 aromatic rings. The van der Waals surface area contributed by atoms with Crippen LogP contribution in [0.25, 0.3) is 0 Å². The molecule has 0 aliphatic carbocycles. The Balaban J connectivity index is 2.72. The first kappa shape index (κ1) is 24.3. The summed E-state index contributed by atoms with van der Waals surface area (Å²) in [4.78, 5) is 4.08. The molecule has 162 valence electrons. The van der Waals surface area contributed by atoms with E-state index in [1.165, 1.54) is 13.0 Å². The van der Waals surface area contributed by atoms with E-state index in [4.69, 9.17) is 0 Å². The average molecular weight is 511 g/mol. The number of halogens is 3. The Hall–Kier alpha value is -0.960. The summed E-state index contributed by atoms with van der Waals surface area (Å²) in [5, 5.41) is 9.68. The third kappa shape index (κ3) is 4.86. The van der Waals surface area contributed by atoms with Gasteiger partial charge in [-0.1, -0.05) is 0 Å². The lowest BCUT2D eigenvalue weighted by molar-refractivity contribution is 0.296. The highest BCUT2D eigenvalue weighted by Gasteiger charge is 2.49. The second-order valence-corrected chi connectivity index (χ2v) is 13.8. The minimum absolute atomic E-state index is 0.244. The smallest absolute Gasteiger partial charge is 0.146 e. The van der Waals surface area contributed by atoms with E-state index in [1.807, 2.05) is 0 Å². The van der Waals surface area contributed by atoms with E-state index < -0.39 is 54.0 Å². The molecule has 0 radical (unpaired) electrons. The summed E-state index contributed by atoms with van der Waals surface area (Å²) >= 11 is 3.15. The van der Waals surface area contributed by atoms with Crippen molar-refractivity contribution in [2.45, 2.75) is 55.6 Å². The first-order valence-corrected chi connectivity index (χ1v) is 12.6. The number of hydrogen-bond donors (Lipinski definition) is 1. The molecule has 2 rings (SSSR count). The van der Waals surface area contributed by atoms with Gasteiger partial charge in [0, 0.05) is 6.54 Å². The summed E-state index contributed by atoms with van der Waals surface area (Å²) in [5.74, 6) is -1.36. The Labute approximate surface area is 181 Å². The number of pyridine rings is 1. The summed E-state index contributed by atoms with van der Waals surface area (Å²) in [6, 6.07) is 4.52. The highest BCUT2D eigenvalue weighted by atomic mass is 79.9. The van der Waals surface area contributed by atoms with Crippen molar-refractivity contribution in [3.05, 3.63) is 28.2 Å². The van der Waals surface area contributed by atoms with Crippen LogP contribution in [-0.4, -0.2) is 41.9 Å². The fourth-order valence-electron chi connectivity index (χ4n) is 2.96. The molecule has 0 spiro atoms. The van der Waals surface area contributed by atoms with Gasteiger partial charge in [0.15, 0.2) is 0 Å². The number of nitriles is 1. The molecule has 0 fully saturated rings. The zero-order valence-electron chi connectivity index (χ0n) is 16.8. The van der Waals surface area contributed by atoms with Crippen molar-refractivity contribution >= 4 is 36.6 Å². The Kier molecular flexibility index (Phi) is 7.25. The zero-order valence-corrected chi connectivity index (χ0v) is 20.0. The standard InChI is InChI=1S/C18H25BrF2N4O2S2/c1-16(2,3)28(26)25-18(10-20,15-13(21)6-7-14(19)24-15)12-29(27)17(4,11-22)8-5-9-23-29/h6-7,25H,5,8-10,12H2,1-4H3. The third-order valence-electron chi connectivity index (χ3n) is 4.83. The molecule has 4 atom stereocenters.